The molecule has 0 spiro atoms. The van der Waals surface area contributed by atoms with Gasteiger partial charge in [-0.15, -0.1) is 0 Å². The van der Waals surface area contributed by atoms with Gasteiger partial charge < -0.3 is 0 Å². The van der Waals surface area contributed by atoms with Crippen molar-refractivity contribution in [2.75, 3.05) is 0 Å². The Kier molecular flexibility index (Phi) is 2.96. The summed E-state index contributed by atoms with van der Waals surface area (Å²) in [7, 11) is 0. The fourth-order valence-electron chi connectivity index (χ4n) is 3.92. The minimum Gasteiger partial charge on any atom is -0.292 e. The lowest BCUT2D eigenvalue weighted by Crippen LogP contribution is -2.43. The Morgan fingerprint density at radius 1 is 1.50 bits per heavy atom. The molecule has 2 aliphatic carbocycles. The fraction of sp³-hybridized carbons (Fsp3) is 0.467. The van der Waals surface area contributed by atoms with E-state index in [1.807, 2.05) is 24.3 Å². The van der Waals surface area contributed by atoms with Crippen LogP contribution in [0.3, 0.4) is 0 Å². The van der Waals surface area contributed by atoms with Crippen LogP contribution >= 0.6 is 0 Å². The molecule has 0 radical (unpaired) electrons. The number of fused-ring (bicyclic) bond motifs is 3. The summed E-state index contributed by atoms with van der Waals surface area (Å²) in [4.78, 5) is 15.1. The molecule has 0 aliphatic heterocycles. The van der Waals surface area contributed by atoms with Crippen molar-refractivity contribution in [2.24, 2.45) is 17.0 Å². The van der Waals surface area contributed by atoms with Crippen LogP contribution in [-0.4, -0.2) is 5.91 Å². The first-order valence-corrected chi connectivity index (χ1v) is 6.80. The van der Waals surface area contributed by atoms with Crippen molar-refractivity contribution in [3.05, 3.63) is 45.8 Å². The van der Waals surface area contributed by atoms with Gasteiger partial charge in [0.05, 0.1) is 11.5 Å². The molecule has 0 unspecified atom stereocenters. The van der Waals surface area contributed by atoms with Crippen molar-refractivity contribution in [1.29, 1.82) is 5.26 Å². The van der Waals surface area contributed by atoms with Crippen molar-refractivity contribution >= 4 is 5.91 Å². The van der Waals surface area contributed by atoms with Crippen LogP contribution < -0.4 is 0 Å². The average molecular weight is 266 g/mol. The number of nitriles is 1. The van der Waals surface area contributed by atoms with Gasteiger partial charge in [0.15, 0.2) is 0 Å². The molecule has 0 bridgehead atoms. The topological polar surface area (TPSA) is 89.6 Å². The van der Waals surface area contributed by atoms with Crippen LogP contribution in [0.5, 0.6) is 0 Å². The zero-order valence-electron chi connectivity index (χ0n) is 11.0. The molecule has 2 aliphatic rings. The number of hydrogen-bond donors (Lipinski definition) is 0. The normalized spacial score (nSPS) is 30.6. The molecule has 0 N–H and O–H groups in total. The van der Waals surface area contributed by atoms with Gasteiger partial charge in [-0.3, -0.25) is 4.79 Å². The predicted octanol–water partition coefficient (Wildman–Crippen LogP) is 3.26. The summed E-state index contributed by atoms with van der Waals surface area (Å²) in [5, 5.41) is 12.5. The molecule has 5 nitrogen and oxygen atoms in total. The van der Waals surface area contributed by atoms with Gasteiger partial charge in [0.1, 0.15) is 0 Å². The number of carbonyl (C=O) groups is 1. The van der Waals surface area contributed by atoms with Crippen molar-refractivity contribution in [2.45, 2.75) is 31.1 Å². The molecule has 1 fully saturated rings. The van der Waals surface area contributed by atoms with Crippen LogP contribution in [0.25, 0.3) is 10.4 Å². The van der Waals surface area contributed by atoms with Gasteiger partial charge in [-0.1, -0.05) is 24.3 Å². The molecule has 0 saturated heterocycles. The first kappa shape index (κ1) is 12.7. The third kappa shape index (κ3) is 1.62. The van der Waals surface area contributed by atoms with Crippen molar-refractivity contribution in [1.82, 2.24) is 0 Å². The minimum atomic E-state index is -0.698. The van der Waals surface area contributed by atoms with Crippen LogP contribution in [0.15, 0.2) is 29.4 Å². The van der Waals surface area contributed by atoms with E-state index < -0.39 is 5.41 Å². The minimum absolute atomic E-state index is 0.00121. The second-order valence-electron chi connectivity index (χ2n) is 5.62. The fourth-order valence-corrected chi connectivity index (χ4v) is 3.92. The highest BCUT2D eigenvalue weighted by molar-refractivity contribution is 5.91. The first-order valence-electron chi connectivity index (χ1n) is 6.80. The van der Waals surface area contributed by atoms with Gasteiger partial charge in [-0.25, -0.2) is 0 Å². The van der Waals surface area contributed by atoms with Crippen molar-refractivity contribution < 1.29 is 4.79 Å². The van der Waals surface area contributed by atoms with Crippen LogP contribution in [0.2, 0.25) is 0 Å². The summed E-state index contributed by atoms with van der Waals surface area (Å²) in [5.41, 5.74) is 10.1. The highest BCUT2D eigenvalue weighted by atomic mass is 16.2. The van der Waals surface area contributed by atoms with Gasteiger partial charge in [-0.05, 0) is 53.4 Å². The molecule has 0 aromatic heterocycles. The Hall–Kier alpha value is -2.31. The summed E-state index contributed by atoms with van der Waals surface area (Å²) in [6.07, 6.45) is 2.79. The maximum atomic E-state index is 12.5. The molecule has 100 valence electrons. The average Bonchev–Trinajstić information content (AvgIpc) is 2.81. The van der Waals surface area contributed by atoms with Gasteiger partial charge in [0.2, 0.25) is 5.91 Å². The largest absolute Gasteiger partial charge is 0.292 e. The van der Waals surface area contributed by atoms with E-state index in [0.717, 1.165) is 17.5 Å². The molecule has 5 heteroatoms. The second-order valence-corrected chi connectivity index (χ2v) is 5.62. The van der Waals surface area contributed by atoms with Crippen molar-refractivity contribution in [3.8, 4) is 6.07 Å². The van der Waals surface area contributed by atoms with E-state index in [2.05, 4.69) is 16.1 Å². The van der Waals surface area contributed by atoms with Crippen LogP contribution in [0, 0.1) is 23.2 Å². The summed E-state index contributed by atoms with van der Waals surface area (Å²) in [6, 6.07) is 10.2. The van der Waals surface area contributed by atoms with Crippen LogP contribution in [0.4, 0.5) is 0 Å². The van der Waals surface area contributed by atoms with E-state index in [0.29, 0.717) is 19.3 Å². The molecular weight excluding hydrogens is 252 g/mol. The number of rotatable bonds is 1. The second kappa shape index (κ2) is 4.66. The highest BCUT2D eigenvalue weighted by Crippen LogP contribution is 2.53. The van der Waals surface area contributed by atoms with Crippen LogP contribution in [0.1, 0.15) is 30.4 Å². The Labute approximate surface area is 116 Å². The number of nitrogens with zero attached hydrogens (tertiary/aromatic N) is 4. The molecule has 1 aromatic carbocycles. The number of hydrogen-bond acceptors (Lipinski definition) is 2. The summed E-state index contributed by atoms with van der Waals surface area (Å²) in [5.74, 6) is -0.302. The zero-order valence-corrected chi connectivity index (χ0v) is 11.0. The quantitative estimate of drug-likeness (QED) is 0.443. The van der Waals surface area contributed by atoms with E-state index in [1.165, 1.54) is 0 Å². The van der Waals surface area contributed by atoms with E-state index >= 15 is 0 Å². The van der Waals surface area contributed by atoms with E-state index in [1.54, 1.807) is 0 Å². The maximum absolute atomic E-state index is 12.5. The first-order chi connectivity index (χ1) is 9.72. The molecule has 1 saturated carbocycles. The lowest BCUT2D eigenvalue weighted by Gasteiger charge is -2.39. The van der Waals surface area contributed by atoms with Crippen LogP contribution in [-0.2, 0) is 16.6 Å². The van der Waals surface area contributed by atoms with Gasteiger partial charge in [-0.2, -0.15) is 5.26 Å². The number of carbonyl (C=O) groups excluding carboxylic acids is 1. The zero-order chi connectivity index (χ0) is 14.2. The van der Waals surface area contributed by atoms with Gasteiger partial charge >= 0.3 is 0 Å². The molecule has 1 amide bonds. The summed E-state index contributed by atoms with van der Waals surface area (Å²) in [6.45, 7) is 0. The lowest BCUT2D eigenvalue weighted by atomic mass is 9.63. The Balaban J connectivity index is 2.12. The summed E-state index contributed by atoms with van der Waals surface area (Å²) < 4.78 is 0. The number of benzene rings is 1. The third-order valence-electron chi connectivity index (χ3n) is 4.82. The number of amides is 1. The molecule has 3 atom stereocenters. The standard InChI is InChI=1S/C15H14N4O/c16-9-10-5-6-15(14(20)18-19-17)12(7-10)8-11-3-1-2-4-13(11)15/h1-4,10,12H,5-8H2/t10-,12-,15+/m0/s1. The highest BCUT2D eigenvalue weighted by Gasteiger charge is 2.54. The summed E-state index contributed by atoms with van der Waals surface area (Å²) >= 11 is 0. The SMILES string of the molecule is N#C[C@H]1CC[C@]2(C(=O)N=[N+]=[N-])c3ccccc3C[C@@H]2C1. The monoisotopic (exact) mass is 266 g/mol. The van der Waals surface area contributed by atoms with E-state index in [9.17, 15) is 4.79 Å². The third-order valence-corrected chi connectivity index (χ3v) is 4.82. The molecular formula is C15H14N4O. The Morgan fingerprint density at radius 3 is 3.05 bits per heavy atom. The molecule has 20 heavy (non-hydrogen) atoms. The van der Waals surface area contributed by atoms with Gasteiger partial charge in [0.25, 0.3) is 0 Å². The van der Waals surface area contributed by atoms with Gasteiger partial charge in [0, 0.05) is 10.8 Å². The number of azide groups is 1. The van der Waals surface area contributed by atoms with E-state index in [4.69, 9.17) is 10.8 Å². The molecule has 1 aromatic rings. The van der Waals surface area contributed by atoms with Crippen molar-refractivity contribution in [3.63, 3.8) is 0 Å². The molecule has 0 heterocycles. The Bertz CT molecular complexity index is 656. The predicted molar refractivity (Wildman–Crippen MR) is 72.4 cm³/mol. The maximum Gasteiger partial charge on any atom is 0.229 e. The Morgan fingerprint density at radius 2 is 2.30 bits per heavy atom. The lowest BCUT2D eigenvalue weighted by molar-refractivity contribution is -0.126. The molecule has 3 rings (SSSR count). The smallest absolute Gasteiger partial charge is 0.229 e. The van der Waals surface area contributed by atoms with E-state index in [-0.39, 0.29) is 17.7 Å².